The summed E-state index contributed by atoms with van der Waals surface area (Å²) in [6, 6.07) is 6.14. The van der Waals surface area contributed by atoms with E-state index in [0.29, 0.717) is 0 Å². The minimum absolute atomic E-state index is 0.749. The second-order valence-corrected chi connectivity index (χ2v) is 5.71. The Balaban J connectivity index is 2.33. The Morgan fingerprint density at radius 3 is 2.50 bits per heavy atom. The van der Waals surface area contributed by atoms with Crippen molar-refractivity contribution in [3.8, 4) is 0 Å². The van der Waals surface area contributed by atoms with Crippen molar-refractivity contribution in [2.24, 2.45) is 11.8 Å². The van der Waals surface area contributed by atoms with Gasteiger partial charge < -0.3 is 4.90 Å². The van der Waals surface area contributed by atoms with Gasteiger partial charge in [-0.05, 0) is 23.5 Å². The van der Waals surface area contributed by atoms with Gasteiger partial charge in [0.2, 0.25) is 0 Å². The van der Waals surface area contributed by atoms with Crippen LogP contribution in [0, 0.1) is 11.8 Å². The Morgan fingerprint density at radius 1 is 1.31 bits per heavy atom. The summed E-state index contributed by atoms with van der Waals surface area (Å²) in [5.41, 5.74) is 2.51. The summed E-state index contributed by atoms with van der Waals surface area (Å²) < 4.78 is 0. The number of benzene rings is 1. The molecule has 0 spiro atoms. The summed E-state index contributed by atoms with van der Waals surface area (Å²) in [7, 11) is 0. The fraction of sp³-hybridized carbons (Fsp3) is 0.538. The van der Waals surface area contributed by atoms with E-state index in [-0.39, 0.29) is 0 Å². The van der Waals surface area contributed by atoms with E-state index < -0.39 is 0 Å². The van der Waals surface area contributed by atoms with E-state index >= 15 is 0 Å². The summed E-state index contributed by atoms with van der Waals surface area (Å²) in [4.78, 5) is 2.42. The SMILES string of the molecule is CC1CN(c2c(Cl)cccc2CBr)CC1C. The molecule has 0 aromatic heterocycles. The molecule has 2 unspecified atom stereocenters. The maximum Gasteiger partial charge on any atom is 0.0642 e. The molecule has 1 nitrogen and oxygen atoms in total. The normalized spacial score (nSPS) is 25.1. The third-order valence-electron chi connectivity index (χ3n) is 3.52. The lowest BCUT2D eigenvalue weighted by Crippen LogP contribution is -2.21. The van der Waals surface area contributed by atoms with Crippen molar-refractivity contribution in [1.82, 2.24) is 0 Å². The molecule has 3 heteroatoms. The third kappa shape index (κ3) is 2.23. The average Bonchev–Trinajstić information content (AvgIpc) is 2.58. The molecule has 0 N–H and O–H groups in total. The number of alkyl halides is 1. The molecule has 0 aliphatic carbocycles. The highest BCUT2D eigenvalue weighted by atomic mass is 79.9. The zero-order chi connectivity index (χ0) is 11.7. The number of para-hydroxylation sites is 1. The van der Waals surface area contributed by atoms with Crippen molar-refractivity contribution in [2.45, 2.75) is 19.2 Å². The van der Waals surface area contributed by atoms with Crippen LogP contribution in [0.5, 0.6) is 0 Å². The number of rotatable bonds is 2. The van der Waals surface area contributed by atoms with Gasteiger partial charge in [-0.1, -0.05) is 53.5 Å². The molecular formula is C13H17BrClN. The van der Waals surface area contributed by atoms with Gasteiger partial charge in [0.05, 0.1) is 10.7 Å². The Kier molecular flexibility index (Phi) is 3.81. The molecule has 0 bridgehead atoms. The number of hydrogen-bond acceptors (Lipinski definition) is 1. The van der Waals surface area contributed by atoms with Gasteiger partial charge in [-0.3, -0.25) is 0 Å². The molecule has 0 radical (unpaired) electrons. The first-order valence-electron chi connectivity index (χ1n) is 5.71. The fourth-order valence-electron chi connectivity index (χ4n) is 2.33. The Labute approximate surface area is 111 Å². The number of halogens is 2. The lowest BCUT2D eigenvalue weighted by Gasteiger charge is -2.22. The van der Waals surface area contributed by atoms with Crippen LogP contribution in [-0.2, 0) is 5.33 Å². The molecule has 1 aromatic carbocycles. The molecule has 0 amide bonds. The monoisotopic (exact) mass is 301 g/mol. The standard InChI is InChI=1S/C13H17BrClN/c1-9-7-16(8-10(9)2)13-11(6-14)4-3-5-12(13)15/h3-5,9-10H,6-8H2,1-2H3. The number of nitrogens with zero attached hydrogens (tertiary/aromatic N) is 1. The van der Waals surface area contributed by atoms with Gasteiger partial charge in [0.15, 0.2) is 0 Å². The van der Waals surface area contributed by atoms with Crippen molar-refractivity contribution < 1.29 is 0 Å². The van der Waals surface area contributed by atoms with Gasteiger partial charge in [0.1, 0.15) is 0 Å². The summed E-state index contributed by atoms with van der Waals surface area (Å²) in [6.45, 7) is 6.86. The Morgan fingerprint density at radius 2 is 1.94 bits per heavy atom. The van der Waals surface area contributed by atoms with Crippen LogP contribution in [0.4, 0.5) is 5.69 Å². The van der Waals surface area contributed by atoms with Gasteiger partial charge in [-0.15, -0.1) is 0 Å². The zero-order valence-corrected chi connectivity index (χ0v) is 12.1. The van der Waals surface area contributed by atoms with E-state index in [9.17, 15) is 0 Å². The largest absolute Gasteiger partial charge is 0.370 e. The molecule has 88 valence electrons. The van der Waals surface area contributed by atoms with E-state index in [1.165, 1.54) is 11.3 Å². The van der Waals surface area contributed by atoms with Crippen molar-refractivity contribution in [1.29, 1.82) is 0 Å². The lowest BCUT2D eigenvalue weighted by atomic mass is 10.0. The molecule has 0 saturated carbocycles. The maximum absolute atomic E-state index is 6.32. The first kappa shape index (κ1) is 12.3. The predicted molar refractivity (Wildman–Crippen MR) is 74.6 cm³/mol. The van der Waals surface area contributed by atoms with Crippen LogP contribution in [0.15, 0.2) is 18.2 Å². The van der Waals surface area contributed by atoms with Crippen LogP contribution in [-0.4, -0.2) is 13.1 Å². The van der Waals surface area contributed by atoms with E-state index in [2.05, 4.69) is 40.7 Å². The van der Waals surface area contributed by atoms with Crippen molar-refractivity contribution in [3.05, 3.63) is 28.8 Å². The Bertz CT molecular complexity index is 370. The van der Waals surface area contributed by atoms with Crippen LogP contribution in [0.1, 0.15) is 19.4 Å². The van der Waals surface area contributed by atoms with Gasteiger partial charge in [0.25, 0.3) is 0 Å². The molecule has 1 aliphatic rings. The third-order valence-corrected chi connectivity index (χ3v) is 4.43. The van der Waals surface area contributed by atoms with E-state index in [1.54, 1.807) is 0 Å². The van der Waals surface area contributed by atoms with Crippen LogP contribution in [0.3, 0.4) is 0 Å². The molecule has 16 heavy (non-hydrogen) atoms. The fourth-order valence-corrected chi connectivity index (χ4v) is 3.10. The summed E-state index contributed by atoms with van der Waals surface area (Å²) >= 11 is 9.86. The first-order valence-corrected chi connectivity index (χ1v) is 7.21. The molecule has 1 aliphatic heterocycles. The van der Waals surface area contributed by atoms with Gasteiger partial charge in [0, 0.05) is 18.4 Å². The van der Waals surface area contributed by atoms with E-state index in [4.69, 9.17) is 11.6 Å². The van der Waals surface area contributed by atoms with Crippen LogP contribution < -0.4 is 4.90 Å². The van der Waals surface area contributed by atoms with Crippen molar-refractivity contribution in [3.63, 3.8) is 0 Å². The van der Waals surface area contributed by atoms with Gasteiger partial charge >= 0.3 is 0 Å². The van der Waals surface area contributed by atoms with Gasteiger partial charge in [-0.25, -0.2) is 0 Å². The predicted octanol–water partition coefficient (Wildman–Crippen LogP) is 4.33. The summed E-state index contributed by atoms with van der Waals surface area (Å²) in [5.74, 6) is 1.50. The van der Waals surface area contributed by atoms with Gasteiger partial charge in [-0.2, -0.15) is 0 Å². The molecule has 2 atom stereocenters. The first-order chi connectivity index (χ1) is 7.63. The van der Waals surface area contributed by atoms with Crippen molar-refractivity contribution >= 4 is 33.2 Å². The highest BCUT2D eigenvalue weighted by Crippen LogP contribution is 2.36. The Hall–Kier alpha value is -0.210. The zero-order valence-electron chi connectivity index (χ0n) is 9.71. The lowest BCUT2D eigenvalue weighted by molar-refractivity contribution is 0.494. The molecule has 1 fully saturated rings. The van der Waals surface area contributed by atoms with E-state index in [1.807, 2.05) is 12.1 Å². The van der Waals surface area contributed by atoms with Crippen molar-refractivity contribution in [2.75, 3.05) is 18.0 Å². The minimum atomic E-state index is 0.749. The minimum Gasteiger partial charge on any atom is -0.370 e. The average molecular weight is 303 g/mol. The van der Waals surface area contributed by atoms with Crippen LogP contribution in [0.25, 0.3) is 0 Å². The summed E-state index contributed by atoms with van der Waals surface area (Å²) in [6.07, 6.45) is 0. The smallest absolute Gasteiger partial charge is 0.0642 e. The molecular weight excluding hydrogens is 286 g/mol. The quantitative estimate of drug-likeness (QED) is 0.735. The second kappa shape index (κ2) is 4.97. The molecule has 2 rings (SSSR count). The molecule has 1 heterocycles. The van der Waals surface area contributed by atoms with E-state index in [0.717, 1.165) is 35.3 Å². The molecule has 1 aromatic rings. The van der Waals surface area contributed by atoms with Crippen LogP contribution in [0.2, 0.25) is 5.02 Å². The highest BCUT2D eigenvalue weighted by Gasteiger charge is 2.28. The van der Waals surface area contributed by atoms with Crippen LogP contribution >= 0.6 is 27.5 Å². The number of hydrogen-bond donors (Lipinski definition) is 0. The molecule has 1 saturated heterocycles. The number of anilines is 1. The highest BCUT2D eigenvalue weighted by molar-refractivity contribution is 9.08. The second-order valence-electron chi connectivity index (χ2n) is 4.74. The maximum atomic E-state index is 6.32. The topological polar surface area (TPSA) is 3.24 Å². The summed E-state index contributed by atoms with van der Waals surface area (Å²) in [5, 5.41) is 1.74.